The summed E-state index contributed by atoms with van der Waals surface area (Å²) in [5.41, 5.74) is -0.117. The maximum Gasteiger partial charge on any atom is 0.450 e. The molecule has 0 aromatic carbocycles. The summed E-state index contributed by atoms with van der Waals surface area (Å²) in [6.45, 7) is 6.32. The van der Waals surface area contributed by atoms with Crippen molar-refractivity contribution < 1.29 is 37.0 Å². The molecule has 0 amide bonds. The van der Waals surface area contributed by atoms with Crippen LogP contribution in [-0.4, -0.2) is 30.0 Å². The van der Waals surface area contributed by atoms with E-state index in [0.29, 0.717) is 19.3 Å². The highest BCUT2D eigenvalue weighted by molar-refractivity contribution is 6.03. The monoisotopic (exact) mass is 468 g/mol. The van der Waals surface area contributed by atoms with E-state index in [9.17, 15) is 27.6 Å². The molecule has 4 aliphatic carbocycles. The molecular formula is C25H31F3O5. The summed E-state index contributed by atoms with van der Waals surface area (Å²) in [4.78, 5) is 36.1. The van der Waals surface area contributed by atoms with Gasteiger partial charge in [-0.05, 0) is 61.7 Å². The van der Waals surface area contributed by atoms with Crippen LogP contribution in [0.15, 0.2) is 23.0 Å². The highest BCUT2D eigenvalue weighted by Gasteiger charge is 2.61. The van der Waals surface area contributed by atoms with Crippen molar-refractivity contribution in [2.75, 3.05) is 0 Å². The van der Waals surface area contributed by atoms with E-state index in [0.717, 1.165) is 26.2 Å². The molecule has 0 N–H and O–H groups in total. The van der Waals surface area contributed by atoms with Gasteiger partial charge in [0.25, 0.3) is 0 Å². The number of rotatable bonds is 2. The standard InChI is InChI=1S/C25H31F3O5/c1-13(29)32-16-7-9-23(3)15(11-16)5-6-17-19(23)8-10-24(4)20(17)12-18(21(24)31)22(25(26,27)28)33-14(2)30/h5,16-17,19-20H,6-12H2,1-4H3/b22-18+/t16-,17+,19-,20-,23+,24-/m1/s1. The predicted octanol–water partition coefficient (Wildman–Crippen LogP) is 5.44. The van der Waals surface area contributed by atoms with Gasteiger partial charge in [0.2, 0.25) is 5.76 Å². The molecular weight excluding hydrogens is 437 g/mol. The first-order chi connectivity index (χ1) is 15.3. The van der Waals surface area contributed by atoms with Crippen LogP contribution in [0, 0.1) is 28.6 Å². The zero-order valence-corrected chi connectivity index (χ0v) is 19.5. The van der Waals surface area contributed by atoms with Crippen molar-refractivity contribution in [3.05, 3.63) is 23.0 Å². The molecule has 0 radical (unpaired) electrons. The molecule has 0 saturated heterocycles. The van der Waals surface area contributed by atoms with Gasteiger partial charge >= 0.3 is 18.1 Å². The lowest BCUT2D eigenvalue weighted by molar-refractivity contribution is -0.159. The molecule has 0 spiro atoms. The van der Waals surface area contributed by atoms with Crippen molar-refractivity contribution in [3.63, 3.8) is 0 Å². The molecule has 0 aromatic heterocycles. The van der Waals surface area contributed by atoms with Crippen LogP contribution in [0.2, 0.25) is 0 Å². The summed E-state index contributed by atoms with van der Waals surface area (Å²) in [5, 5.41) is 0. The number of Topliss-reactive ketones (excluding diaryl/α,β-unsaturated/α-hetero) is 1. The van der Waals surface area contributed by atoms with Crippen molar-refractivity contribution >= 4 is 17.7 Å². The minimum atomic E-state index is -4.90. The van der Waals surface area contributed by atoms with Crippen molar-refractivity contribution in [2.24, 2.45) is 28.6 Å². The lowest BCUT2D eigenvalue weighted by atomic mass is 9.48. The number of ether oxygens (including phenoxy) is 2. The zero-order valence-electron chi connectivity index (χ0n) is 19.5. The second kappa shape index (κ2) is 7.98. The van der Waals surface area contributed by atoms with Crippen molar-refractivity contribution in [1.29, 1.82) is 0 Å². The molecule has 8 heteroatoms. The van der Waals surface area contributed by atoms with Gasteiger partial charge in [0.05, 0.1) is 0 Å². The third-order valence-electron chi connectivity index (χ3n) is 8.78. The smallest absolute Gasteiger partial charge is 0.450 e. The Balaban J connectivity index is 1.67. The number of alkyl halides is 3. The predicted molar refractivity (Wildman–Crippen MR) is 112 cm³/mol. The molecule has 0 aromatic rings. The van der Waals surface area contributed by atoms with Crippen LogP contribution in [0.25, 0.3) is 0 Å². The number of fused-ring (bicyclic) bond motifs is 5. The molecule has 6 atom stereocenters. The van der Waals surface area contributed by atoms with Gasteiger partial charge in [0, 0.05) is 31.3 Å². The number of carbonyl (C=O) groups is 3. The summed E-state index contributed by atoms with van der Waals surface area (Å²) in [7, 11) is 0. The number of ketones is 1. The quantitative estimate of drug-likeness (QED) is 0.234. The van der Waals surface area contributed by atoms with E-state index in [1.807, 2.05) is 0 Å². The first-order valence-electron chi connectivity index (χ1n) is 11.7. The van der Waals surface area contributed by atoms with E-state index in [1.165, 1.54) is 12.5 Å². The lowest BCUT2D eigenvalue weighted by Gasteiger charge is -2.56. The Morgan fingerprint density at radius 3 is 2.27 bits per heavy atom. The second-order valence-electron chi connectivity index (χ2n) is 10.6. The Bertz CT molecular complexity index is 948. The van der Waals surface area contributed by atoms with Crippen LogP contribution in [0.4, 0.5) is 13.2 Å². The minimum Gasteiger partial charge on any atom is -0.462 e. The van der Waals surface area contributed by atoms with E-state index in [1.54, 1.807) is 6.92 Å². The van der Waals surface area contributed by atoms with E-state index in [2.05, 4.69) is 17.7 Å². The Kier molecular flexibility index (Phi) is 5.81. The van der Waals surface area contributed by atoms with Gasteiger partial charge < -0.3 is 9.47 Å². The molecule has 0 heterocycles. The third-order valence-corrected chi connectivity index (χ3v) is 8.78. The van der Waals surface area contributed by atoms with Crippen LogP contribution in [0.5, 0.6) is 0 Å². The fraction of sp³-hybridized carbons (Fsp3) is 0.720. The van der Waals surface area contributed by atoms with Crippen molar-refractivity contribution in [2.45, 2.75) is 84.9 Å². The van der Waals surface area contributed by atoms with Crippen LogP contribution in [0.3, 0.4) is 0 Å². The van der Waals surface area contributed by atoms with Gasteiger partial charge in [-0.1, -0.05) is 25.5 Å². The first-order valence-corrected chi connectivity index (χ1v) is 11.7. The number of carbonyl (C=O) groups excluding carboxylic acids is 3. The normalized spacial score (nSPS) is 39.6. The molecule has 0 bridgehead atoms. The Hall–Kier alpha value is -2.12. The minimum absolute atomic E-state index is 0.0199. The molecule has 3 fully saturated rings. The molecule has 5 nitrogen and oxygen atoms in total. The average molecular weight is 469 g/mol. The summed E-state index contributed by atoms with van der Waals surface area (Å²) in [5.74, 6) is -3.23. The zero-order chi connectivity index (χ0) is 24.3. The van der Waals surface area contributed by atoms with E-state index < -0.39 is 29.1 Å². The summed E-state index contributed by atoms with van der Waals surface area (Å²) in [6.07, 6.45) is 1.38. The number of hydrogen-bond donors (Lipinski definition) is 0. The highest BCUT2D eigenvalue weighted by Crippen LogP contribution is 2.65. The summed E-state index contributed by atoms with van der Waals surface area (Å²) >= 11 is 0. The molecule has 4 aliphatic rings. The van der Waals surface area contributed by atoms with Gasteiger partial charge in [-0.15, -0.1) is 0 Å². The van der Waals surface area contributed by atoms with Gasteiger partial charge in [0.1, 0.15) is 6.10 Å². The number of allylic oxidation sites excluding steroid dienone is 3. The summed E-state index contributed by atoms with van der Waals surface area (Å²) < 4.78 is 51.1. The van der Waals surface area contributed by atoms with E-state index in [-0.39, 0.29) is 47.2 Å². The number of esters is 2. The van der Waals surface area contributed by atoms with Crippen LogP contribution in [-0.2, 0) is 23.9 Å². The summed E-state index contributed by atoms with van der Waals surface area (Å²) in [6, 6.07) is 0. The van der Waals surface area contributed by atoms with Crippen LogP contribution >= 0.6 is 0 Å². The first kappa shape index (κ1) is 24.0. The Morgan fingerprint density at radius 2 is 1.67 bits per heavy atom. The molecule has 182 valence electrons. The van der Waals surface area contributed by atoms with Gasteiger partial charge in [0.15, 0.2) is 5.78 Å². The van der Waals surface area contributed by atoms with Gasteiger partial charge in [-0.2, -0.15) is 13.2 Å². The maximum absolute atomic E-state index is 13.7. The fourth-order valence-electron chi connectivity index (χ4n) is 7.23. The fourth-order valence-corrected chi connectivity index (χ4v) is 7.23. The van der Waals surface area contributed by atoms with Crippen molar-refractivity contribution in [3.8, 4) is 0 Å². The molecule has 0 unspecified atom stereocenters. The van der Waals surface area contributed by atoms with Crippen LogP contribution < -0.4 is 0 Å². The molecule has 33 heavy (non-hydrogen) atoms. The molecule has 3 saturated carbocycles. The topological polar surface area (TPSA) is 69.7 Å². The second-order valence-corrected chi connectivity index (χ2v) is 10.6. The Morgan fingerprint density at radius 1 is 1.00 bits per heavy atom. The van der Waals surface area contributed by atoms with Gasteiger partial charge in [-0.25, -0.2) is 0 Å². The van der Waals surface area contributed by atoms with Gasteiger partial charge in [-0.3, -0.25) is 14.4 Å². The van der Waals surface area contributed by atoms with E-state index in [4.69, 9.17) is 4.74 Å². The lowest BCUT2D eigenvalue weighted by Crippen LogP contribution is -2.50. The number of halogens is 3. The van der Waals surface area contributed by atoms with E-state index >= 15 is 0 Å². The van der Waals surface area contributed by atoms with Crippen molar-refractivity contribution in [1.82, 2.24) is 0 Å². The molecule has 0 aliphatic heterocycles. The van der Waals surface area contributed by atoms with Crippen LogP contribution in [0.1, 0.15) is 72.6 Å². The molecule has 4 rings (SSSR count). The highest BCUT2D eigenvalue weighted by atomic mass is 19.4. The SMILES string of the molecule is CC(=O)O/C(=C1\C[C@@H]2[C@H]3CC=C4C[C@H](OC(C)=O)CC[C@]4(C)[C@@H]3CC[C@@]2(C)C1=O)C(F)(F)F. The largest absolute Gasteiger partial charge is 0.462 e. The number of hydrogen-bond acceptors (Lipinski definition) is 5. The average Bonchev–Trinajstić information content (AvgIpc) is 2.96. The Labute approximate surface area is 191 Å². The third kappa shape index (κ3) is 3.93. The maximum atomic E-state index is 13.7.